The van der Waals surface area contributed by atoms with E-state index < -0.39 is 27.6 Å². The second-order valence-electron chi connectivity index (χ2n) is 5.60. The number of nitro benzene ring substituents is 1. The van der Waals surface area contributed by atoms with Crippen molar-refractivity contribution in [1.82, 2.24) is 4.31 Å². The maximum Gasteiger partial charge on any atom is 0.304 e. The van der Waals surface area contributed by atoms with E-state index in [0.717, 1.165) is 14.7 Å². The summed E-state index contributed by atoms with van der Waals surface area (Å²) in [5.74, 6) is -0.702. The number of halogens is 1. The fourth-order valence-corrected chi connectivity index (χ4v) is 3.37. The zero-order chi connectivity index (χ0) is 20.2. The molecular weight excluding hydrogens is 396 g/mol. The van der Waals surface area contributed by atoms with Crippen LogP contribution in [0.1, 0.15) is 0 Å². The molecule has 0 saturated heterocycles. The van der Waals surface area contributed by atoms with Crippen molar-refractivity contribution in [3.05, 3.63) is 63.7 Å². The predicted molar refractivity (Wildman–Crippen MR) is 103 cm³/mol. The number of benzene rings is 2. The van der Waals surface area contributed by atoms with Crippen molar-refractivity contribution in [3.63, 3.8) is 0 Å². The number of nitrogens with zero attached hydrogens (tertiary/aromatic N) is 3. The van der Waals surface area contributed by atoms with E-state index in [9.17, 15) is 23.3 Å². The monoisotopic (exact) mass is 412 g/mol. The van der Waals surface area contributed by atoms with E-state index in [4.69, 9.17) is 11.6 Å². The molecule has 144 valence electrons. The number of nitrogens with one attached hydrogen (secondary N) is 1. The molecule has 0 atom stereocenters. The first-order valence-electron chi connectivity index (χ1n) is 7.62. The number of hydrogen-bond donors (Lipinski definition) is 1. The lowest BCUT2D eigenvalue weighted by Gasteiger charge is -2.26. The van der Waals surface area contributed by atoms with Crippen LogP contribution in [0.2, 0.25) is 5.02 Å². The molecule has 0 fully saturated rings. The second-order valence-corrected chi connectivity index (χ2v) is 8.08. The van der Waals surface area contributed by atoms with Gasteiger partial charge in [-0.05, 0) is 18.2 Å². The lowest BCUT2D eigenvalue weighted by molar-refractivity contribution is -0.384. The smallest absolute Gasteiger partial charge is 0.304 e. The highest BCUT2D eigenvalue weighted by molar-refractivity contribution is 7.90. The molecular formula is C16H17ClN4O5S. The first kappa shape index (κ1) is 20.6. The fraction of sp³-hybridized carbons (Fsp3) is 0.188. The number of hydrogen-bond acceptors (Lipinski definition) is 5. The molecule has 0 saturated carbocycles. The molecule has 11 heteroatoms. The number of para-hydroxylation sites is 1. The Morgan fingerprint density at radius 3 is 2.37 bits per heavy atom. The molecule has 2 aromatic rings. The maximum absolute atomic E-state index is 12.6. The Kier molecular flexibility index (Phi) is 6.37. The Morgan fingerprint density at radius 1 is 1.19 bits per heavy atom. The average molecular weight is 413 g/mol. The Bertz CT molecular complexity index is 951. The molecule has 1 amide bonds. The summed E-state index contributed by atoms with van der Waals surface area (Å²) >= 11 is 5.96. The van der Waals surface area contributed by atoms with Gasteiger partial charge in [-0.25, -0.2) is 4.31 Å². The van der Waals surface area contributed by atoms with Gasteiger partial charge in [0.2, 0.25) is 5.91 Å². The summed E-state index contributed by atoms with van der Waals surface area (Å²) in [5, 5.41) is 13.4. The van der Waals surface area contributed by atoms with Gasteiger partial charge in [0.15, 0.2) is 0 Å². The summed E-state index contributed by atoms with van der Waals surface area (Å²) in [5.41, 5.74) is 0.0631. The number of anilines is 2. The summed E-state index contributed by atoms with van der Waals surface area (Å²) in [6, 6.07) is 11.7. The van der Waals surface area contributed by atoms with Crippen LogP contribution in [-0.4, -0.2) is 44.2 Å². The Morgan fingerprint density at radius 2 is 1.81 bits per heavy atom. The predicted octanol–water partition coefficient (Wildman–Crippen LogP) is 2.50. The van der Waals surface area contributed by atoms with Crippen molar-refractivity contribution < 1.29 is 18.1 Å². The van der Waals surface area contributed by atoms with Crippen molar-refractivity contribution in [2.75, 3.05) is 30.3 Å². The maximum atomic E-state index is 12.6. The number of nitro groups is 1. The fourth-order valence-electron chi connectivity index (χ4n) is 2.14. The van der Waals surface area contributed by atoms with Crippen LogP contribution in [0.25, 0.3) is 0 Å². The van der Waals surface area contributed by atoms with Gasteiger partial charge in [-0.15, -0.1) is 0 Å². The lowest BCUT2D eigenvalue weighted by atomic mass is 10.2. The summed E-state index contributed by atoms with van der Waals surface area (Å²) < 4.78 is 27.1. The summed E-state index contributed by atoms with van der Waals surface area (Å²) in [6.07, 6.45) is 0. The number of non-ortho nitro benzene ring substituents is 1. The molecule has 9 nitrogen and oxygen atoms in total. The molecule has 0 unspecified atom stereocenters. The van der Waals surface area contributed by atoms with Gasteiger partial charge in [-0.3, -0.25) is 14.9 Å². The minimum atomic E-state index is -3.95. The second kappa shape index (κ2) is 8.33. The van der Waals surface area contributed by atoms with Gasteiger partial charge in [0.05, 0.1) is 21.3 Å². The van der Waals surface area contributed by atoms with Gasteiger partial charge in [0, 0.05) is 26.2 Å². The van der Waals surface area contributed by atoms with Crippen molar-refractivity contribution in [1.29, 1.82) is 0 Å². The van der Waals surface area contributed by atoms with Crippen LogP contribution >= 0.6 is 11.6 Å². The van der Waals surface area contributed by atoms with Crippen molar-refractivity contribution >= 4 is 44.8 Å². The van der Waals surface area contributed by atoms with Gasteiger partial charge in [0.1, 0.15) is 6.54 Å². The number of carbonyl (C=O) groups is 1. The molecule has 0 spiro atoms. The van der Waals surface area contributed by atoms with Crippen LogP contribution in [0.15, 0.2) is 48.5 Å². The van der Waals surface area contributed by atoms with Crippen molar-refractivity contribution in [2.45, 2.75) is 0 Å². The van der Waals surface area contributed by atoms with Crippen LogP contribution in [-0.2, 0) is 15.0 Å². The van der Waals surface area contributed by atoms with Gasteiger partial charge in [0.25, 0.3) is 5.69 Å². The normalized spacial score (nSPS) is 11.3. The molecule has 0 aliphatic carbocycles. The highest BCUT2D eigenvalue weighted by Gasteiger charge is 2.27. The van der Waals surface area contributed by atoms with E-state index in [1.165, 1.54) is 26.2 Å². The van der Waals surface area contributed by atoms with Crippen LogP contribution in [0.3, 0.4) is 0 Å². The Labute approximate surface area is 161 Å². The van der Waals surface area contributed by atoms with Gasteiger partial charge < -0.3 is 5.32 Å². The average Bonchev–Trinajstić information content (AvgIpc) is 2.61. The van der Waals surface area contributed by atoms with Crippen molar-refractivity contribution in [2.24, 2.45) is 0 Å². The lowest BCUT2D eigenvalue weighted by Crippen LogP contribution is -2.44. The minimum Gasteiger partial charge on any atom is -0.323 e. The molecule has 0 heterocycles. The number of amides is 1. The molecule has 2 aromatic carbocycles. The van der Waals surface area contributed by atoms with E-state index in [1.54, 1.807) is 30.3 Å². The summed E-state index contributed by atoms with van der Waals surface area (Å²) in [4.78, 5) is 22.7. The molecule has 0 aliphatic heterocycles. The highest BCUT2D eigenvalue weighted by atomic mass is 35.5. The number of carbonyl (C=O) groups excluding carboxylic acids is 1. The molecule has 0 bridgehead atoms. The SMILES string of the molecule is CN(C)S(=O)(=O)N(CC(=O)Nc1cc([N+](=O)[O-])ccc1Cl)c1ccccc1. The van der Waals surface area contributed by atoms with Crippen molar-refractivity contribution in [3.8, 4) is 0 Å². The summed E-state index contributed by atoms with van der Waals surface area (Å²) in [7, 11) is -1.25. The Hall–Kier alpha value is -2.69. The minimum absolute atomic E-state index is 0.0196. The van der Waals surface area contributed by atoms with Crippen LogP contribution < -0.4 is 9.62 Å². The quantitative estimate of drug-likeness (QED) is 0.554. The van der Waals surface area contributed by atoms with E-state index in [-0.39, 0.29) is 16.4 Å². The third-order valence-corrected chi connectivity index (χ3v) is 5.66. The Balaban J connectivity index is 2.30. The van der Waals surface area contributed by atoms with E-state index in [1.807, 2.05) is 0 Å². The third-order valence-electron chi connectivity index (χ3n) is 3.51. The number of rotatable bonds is 7. The molecule has 1 N–H and O–H groups in total. The molecule has 0 radical (unpaired) electrons. The van der Waals surface area contributed by atoms with Crippen LogP contribution in [0.5, 0.6) is 0 Å². The highest BCUT2D eigenvalue weighted by Crippen LogP contribution is 2.27. The van der Waals surface area contributed by atoms with E-state index in [0.29, 0.717) is 5.69 Å². The molecule has 2 rings (SSSR count). The first-order chi connectivity index (χ1) is 12.6. The zero-order valence-corrected chi connectivity index (χ0v) is 16.1. The summed E-state index contributed by atoms with van der Waals surface area (Å²) in [6.45, 7) is -0.538. The molecule has 0 aliphatic rings. The third kappa shape index (κ3) is 4.94. The van der Waals surface area contributed by atoms with Crippen LogP contribution in [0, 0.1) is 10.1 Å². The first-order valence-corrected chi connectivity index (χ1v) is 9.39. The van der Waals surface area contributed by atoms with Gasteiger partial charge in [-0.2, -0.15) is 12.7 Å². The largest absolute Gasteiger partial charge is 0.323 e. The van der Waals surface area contributed by atoms with E-state index >= 15 is 0 Å². The zero-order valence-electron chi connectivity index (χ0n) is 14.5. The molecule has 27 heavy (non-hydrogen) atoms. The van der Waals surface area contributed by atoms with Gasteiger partial charge in [-0.1, -0.05) is 29.8 Å². The van der Waals surface area contributed by atoms with Crippen LogP contribution in [0.4, 0.5) is 17.1 Å². The van der Waals surface area contributed by atoms with Gasteiger partial charge >= 0.3 is 10.2 Å². The topological polar surface area (TPSA) is 113 Å². The van der Waals surface area contributed by atoms with E-state index in [2.05, 4.69) is 5.32 Å². The standard InChI is InChI=1S/C16H17ClN4O5S/c1-19(2)27(25,26)20(12-6-4-3-5-7-12)11-16(22)18-15-10-13(21(23)24)8-9-14(15)17/h3-10H,11H2,1-2H3,(H,18,22). The molecule has 0 aromatic heterocycles.